The van der Waals surface area contributed by atoms with Crippen LogP contribution in [0.1, 0.15) is 12.8 Å². The molecular weight excluding hydrogens is 494 g/mol. The van der Waals surface area contributed by atoms with Crippen molar-refractivity contribution >= 4 is 63.5 Å². The van der Waals surface area contributed by atoms with Gasteiger partial charge in [-0.2, -0.15) is 0 Å². The summed E-state index contributed by atoms with van der Waals surface area (Å²) in [7, 11) is -2.01. The van der Waals surface area contributed by atoms with Crippen molar-refractivity contribution in [3.8, 4) is 5.75 Å². The molecule has 0 atom stereocenters. The van der Waals surface area contributed by atoms with Crippen molar-refractivity contribution in [2.75, 3.05) is 13.7 Å². The van der Waals surface area contributed by atoms with Gasteiger partial charge in [0.05, 0.1) is 11.5 Å². The third-order valence-electron chi connectivity index (χ3n) is 2.53. The fraction of sp³-hybridized carbons (Fsp3) is 0.417. The number of ether oxygens (including phenoxy) is 1. The molecule has 1 aromatic carbocycles. The van der Waals surface area contributed by atoms with E-state index in [1.807, 2.05) is 0 Å². The number of carbonyl (C=O) groups excluding carboxylic acids is 1. The van der Waals surface area contributed by atoms with Crippen molar-refractivity contribution in [3.05, 3.63) is 24.3 Å². The van der Waals surface area contributed by atoms with Crippen LogP contribution in [0.15, 0.2) is 29.2 Å². The van der Waals surface area contributed by atoms with Crippen LogP contribution in [0.4, 0.5) is 0 Å². The van der Waals surface area contributed by atoms with Gasteiger partial charge in [-0.3, -0.25) is 4.79 Å². The van der Waals surface area contributed by atoms with E-state index in [0.717, 1.165) is 0 Å². The van der Waals surface area contributed by atoms with E-state index < -0.39 is 11.3 Å². The van der Waals surface area contributed by atoms with E-state index in [-0.39, 0.29) is 10.8 Å². The van der Waals surface area contributed by atoms with E-state index in [2.05, 4.69) is 53.1 Å². The summed E-state index contributed by atoms with van der Waals surface area (Å²) >= 11 is 9.01. The van der Waals surface area contributed by atoms with Crippen LogP contribution in [-0.4, -0.2) is 29.5 Å². The smallest absolute Gasteiger partial charge is 0.239 e. The number of hydrogen-bond acceptors (Lipinski definition) is 4. The average Bonchev–Trinajstić information content (AvgIpc) is 2.42. The molecule has 1 rings (SSSR count). The highest BCUT2D eigenvalue weighted by Gasteiger charge is 2.37. The second kappa shape index (κ2) is 7.94. The quantitative estimate of drug-likeness (QED) is 0.474. The van der Waals surface area contributed by atoms with Crippen molar-refractivity contribution in [2.45, 2.75) is 19.2 Å². The van der Waals surface area contributed by atoms with Gasteiger partial charge in [-0.1, -0.05) is 0 Å². The molecular formula is C12H14Br3NO4S. The number of halogens is 3. The van der Waals surface area contributed by atoms with Crippen molar-refractivity contribution in [1.82, 2.24) is 5.32 Å². The summed E-state index contributed by atoms with van der Waals surface area (Å²) in [4.78, 5) is 11.2. The van der Waals surface area contributed by atoms with Crippen LogP contribution < -0.4 is 10.1 Å². The predicted octanol–water partition coefficient (Wildman–Crippen LogP) is 3.16. The lowest BCUT2D eigenvalue weighted by Gasteiger charge is -2.14. The first-order valence-electron chi connectivity index (χ1n) is 5.93. The largest absolute Gasteiger partial charge is 0.494 e. The Morgan fingerprint density at radius 2 is 1.81 bits per heavy atom. The Morgan fingerprint density at radius 1 is 1.24 bits per heavy atom. The Kier molecular flexibility index (Phi) is 7.15. The molecule has 1 aromatic rings. The summed E-state index contributed by atoms with van der Waals surface area (Å²) in [5, 5.41) is 2.53. The molecule has 0 spiro atoms. The lowest BCUT2D eigenvalue weighted by atomic mass is 10.3. The predicted molar refractivity (Wildman–Crippen MR) is 91.9 cm³/mol. The standard InChI is InChI=1S/C12H14Br3NO4S/c1-16-11(17)3-2-8-20-9-4-6-10(7-5-9)21(18,19)12(13,14)15/h4-7H,2-3,8H2,1H3,(H,16,17). The van der Waals surface area contributed by atoms with Crippen molar-refractivity contribution in [1.29, 1.82) is 0 Å². The maximum absolute atomic E-state index is 12.1. The van der Waals surface area contributed by atoms with E-state index in [1.165, 1.54) is 12.1 Å². The number of alkyl halides is 3. The molecule has 118 valence electrons. The molecule has 0 unspecified atom stereocenters. The fourth-order valence-electron chi connectivity index (χ4n) is 1.40. The Hall–Kier alpha value is -0.120. The molecule has 0 radical (unpaired) electrons. The van der Waals surface area contributed by atoms with Gasteiger partial charge in [0.2, 0.25) is 17.2 Å². The Morgan fingerprint density at radius 3 is 2.29 bits per heavy atom. The number of nitrogens with one attached hydrogen (secondary N) is 1. The molecule has 0 aromatic heterocycles. The molecule has 0 aliphatic heterocycles. The molecule has 5 nitrogen and oxygen atoms in total. The first-order valence-corrected chi connectivity index (χ1v) is 9.79. The first-order chi connectivity index (χ1) is 9.68. The van der Waals surface area contributed by atoms with Gasteiger partial charge in [0.1, 0.15) is 5.75 Å². The molecule has 9 heteroatoms. The highest BCUT2D eigenvalue weighted by atomic mass is 80.0. The maximum atomic E-state index is 12.1. The Labute approximate surface area is 149 Å². The summed E-state index contributed by atoms with van der Waals surface area (Å²) < 4.78 is 28.3. The van der Waals surface area contributed by atoms with Gasteiger partial charge in [0.25, 0.3) is 0 Å². The van der Waals surface area contributed by atoms with Crippen molar-refractivity contribution < 1.29 is 17.9 Å². The maximum Gasteiger partial charge on any atom is 0.239 e. The highest BCUT2D eigenvalue weighted by Crippen LogP contribution is 2.43. The molecule has 0 aliphatic rings. The zero-order valence-electron chi connectivity index (χ0n) is 11.1. The molecule has 21 heavy (non-hydrogen) atoms. The molecule has 1 amide bonds. The highest BCUT2D eigenvalue weighted by molar-refractivity contribution is 9.42. The number of amides is 1. The van der Waals surface area contributed by atoms with Crippen LogP contribution in [0.3, 0.4) is 0 Å². The Bertz CT molecular complexity index is 582. The van der Waals surface area contributed by atoms with Crippen LogP contribution in [0.5, 0.6) is 5.75 Å². The molecule has 0 saturated heterocycles. The third kappa shape index (κ3) is 5.54. The van der Waals surface area contributed by atoms with Crippen molar-refractivity contribution in [2.24, 2.45) is 0 Å². The van der Waals surface area contributed by atoms with Gasteiger partial charge in [0, 0.05) is 13.5 Å². The number of hydrogen-bond donors (Lipinski definition) is 1. The van der Waals surface area contributed by atoms with Crippen LogP contribution in [0.25, 0.3) is 0 Å². The lowest BCUT2D eigenvalue weighted by Crippen LogP contribution is -2.18. The van der Waals surface area contributed by atoms with Gasteiger partial charge in [0.15, 0.2) is 0 Å². The molecule has 0 bridgehead atoms. The van der Waals surface area contributed by atoms with Gasteiger partial charge in [-0.05, 0) is 78.5 Å². The minimum absolute atomic E-state index is 0.0386. The topological polar surface area (TPSA) is 72.5 Å². The van der Waals surface area contributed by atoms with Gasteiger partial charge >= 0.3 is 0 Å². The van der Waals surface area contributed by atoms with Crippen LogP contribution in [0.2, 0.25) is 0 Å². The molecule has 0 heterocycles. The zero-order valence-corrected chi connectivity index (χ0v) is 16.7. The second-order valence-electron chi connectivity index (χ2n) is 4.05. The van der Waals surface area contributed by atoms with E-state index >= 15 is 0 Å². The number of sulfone groups is 1. The fourth-order valence-corrected chi connectivity index (χ4v) is 3.84. The van der Waals surface area contributed by atoms with Crippen LogP contribution in [-0.2, 0) is 14.6 Å². The normalized spacial score (nSPS) is 12.0. The van der Waals surface area contributed by atoms with Gasteiger partial charge < -0.3 is 10.1 Å². The average molecular weight is 508 g/mol. The monoisotopic (exact) mass is 505 g/mol. The van der Waals surface area contributed by atoms with Crippen LogP contribution in [0, 0.1) is 0 Å². The van der Waals surface area contributed by atoms with E-state index in [1.54, 1.807) is 19.2 Å². The minimum Gasteiger partial charge on any atom is -0.494 e. The van der Waals surface area contributed by atoms with Crippen molar-refractivity contribution in [3.63, 3.8) is 0 Å². The van der Waals surface area contributed by atoms with E-state index in [9.17, 15) is 13.2 Å². The molecule has 0 aliphatic carbocycles. The Balaban J connectivity index is 2.61. The number of benzene rings is 1. The summed E-state index contributed by atoms with van der Waals surface area (Å²) in [6.45, 7) is 0.388. The molecule has 1 N–H and O–H groups in total. The lowest BCUT2D eigenvalue weighted by molar-refractivity contribution is -0.120. The number of carbonyl (C=O) groups is 1. The summed E-state index contributed by atoms with van der Waals surface area (Å²) in [5.74, 6) is 0.513. The number of rotatable bonds is 6. The third-order valence-corrected chi connectivity index (χ3v) is 7.87. The summed E-state index contributed by atoms with van der Waals surface area (Å²) in [5.41, 5.74) is 0. The zero-order chi connectivity index (χ0) is 16.1. The van der Waals surface area contributed by atoms with E-state index in [0.29, 0.717) is 25.2 Å². The second-order valence-corrected chi connectivity index (χ2v) is 14.5. The van der Waals surface area contributed by atoms with Crippen LogP contribution >= 0.6 is 47.8 Å². The SMILES string of the molecule is CNC(=O)CCCOc1ccc(S(=O)(=O)C(Br)(Br)Br)cc1. The molecule has 0 saturated carbocycles. The minimum atomic E-state index is -3.59. The van der Waals surface area contributed by atoms with E-state index in [4.69, 9.17) is 4.74 Å². The summed E-state index contributed by atoms with van der Waals surface area (Å²) in [6, 6.07) is 6.07. The van der Waals surface area contributed by atoms with Gasteiger partial charge in [-0.15, -0.1) is 0 Å². The molecule has 0 fully saturated rings. The first kappa shape index (κ1) is 18.9. The summed E-state index contributed by atoms with van der Waals surface area (Å²) in [6.07, 6.45) is 0.981. The van der Waals surface area contributed by atoms with Gasteiger partial charge in [-0.25, -0.2) is 8.42 Å².